The summed E-state index contributed by atoms with van der Waals surface area (Å²) in [6.45, 7) is 7.40. The summed E-state index contributed by atoms with van der Waals surface area (Å²) in [6.07, 6.45) is 2.10. The largest absolute Gasteiger partial charge is 0.490 e. The highest BCUT2D eigenvalue weighted by Crippen LogP contribution is 2.32. The number of methoxy groups -OCH3 is 1. The molecule has 0 spiro atoms. The average Bonchev–Trinajstić information content (AvgIpc) is 2.46. The number of hydrogen-bond donors (Lipinski definition) is 1. The smallest absolute Gasteiger partial charge is 0.310 e. The molecular formula is C15H24N2O3. The molecule has 0 aliphatic carbocycles. The van der Waals surface area contributed by atoms with Crippen molar-refractivity contribution in [1.82, 2.24) is 5.32 Å². The van der Waals surface area contributed by atoms with Crippen LogP contribution >= 0.6 is 0 Å². The molecule has 0 aromatic heterocycles. The van der Waals surface area contributed by atoms with Crippen LogP contribution < -0.4 is 10.1 Å². The van der Waals surface area contributed by atoms with Gasteiger partial charge >= 0.3 is 5.69 Å². The van der Waals surface area contributed by atoms with E-state index in [2.05, 4.69) is 26.1 Å². The van der Waals surface area contributed by atoms with Crippen LogP contribution in [0, 0.1) is 10.1 Å². The molecule has 0 radical (unpaired) electrons. The Kier molecular flexibility index (Phi) is 6.45. The third-order valence-electron chi connectivity index (χ3n) is 3.63. The van der Waals surface area contributed by atoms with Crippen LogP contribution in [0.2, 0.25) is 0 Å². The summed E-state index contributed by atoms with van der Waals surface area (Å²) in [6, 6.07) is 5.49. The van der Waals surface area contributed by atoms with Gasteiger partial charge in [-0.3, -0.25) is 10.1 Å². The highest BCUT2D eigenvalue weighted by molar-refractivity contribution is 5.49. The average molecular weight is 280 g/mol. The van der Waals surface area contributed by atoms with E-state index in [4.69, 9.17) is 4.74 Å². The first-order valence-corrected chi connectivity index (χ1v) is 7.10. The van der Waals surface area contributed by atoms with E-state index in [-0.39, 0.29) is 11.6 Å². The van der Waals surface area contributed by atoms with Gasteiger partial charge in [-0.05, 0) is 36.9 Å². The quantitative estimate of drug-likeness (QED) is 0.585. The molecule has 1 rings (SSSR count). The molecular weight excluding hydrogens is 256 g/mol. The van der Waals surface area contributed by atoms with Crippen LogP contribution in [-0.4, -0.2) is 24.6 Å². The Labute approximate surface area is 120 Å². The lowest BCUT2D eigenvalue weighted by molar-refractivity contribution is -0.385. The van der Waals surface area contributed by atoms with E-state index in [0.29, 0.717) is 11.8 Å². The van der Waals surface area contributed by atoms with Gasteiger partial charge in [0.2, 0.25) is 0 Å². The minimum absolute atomic E-state index is 0.0121. The Bertz CT molecular complexity index is 449. The molecule has 1 aromatic carbocycles. The molecule has 0 aliphatic rings. The van der Waals surface area contributed by atoms with Crippen molar-refractivity contribution < 1.29 is 9.66 Å². The van der Waals surface area contributed by atoms with Crippen molar-refractivity contribution in [2.75, 3.05) is 13.7 Å². The van der Waals surface area contributed by atoms with Gasteiger partial charge in [0.15, 0.2) is 5.75 Å². The number of nitro groups is 1. The molecule has 20 heavy (non-hydrogen) atoms. The van der Waals surface area contributed by atoms with E-state index < -0.39 is 4.92 Å². The molecule has 0 saturated heterocycles. The summed E-state index contributed by atoms with van der Waals surface area (Å²) in [4.78, 5) is 10.5. The third-order valence-corrected chi connectivity index (χ3v) is 3.63. The molecule has 0 saturated carbocycles. The predicted molar refractivity (Wildman–Crippen MR) is 80.4 cm³/mol. The summed E-state index contributed by atoms with van der Waals surface area (Å²) >= 11 is 0. The Balaban J connectivity index is 2.97. The zero-order chi connectivity index (χ0) is 15.1. The first-order chi connectivity index (χ1) is 9.54. The summed E-state index contributed by atoms with van der Waals surface area (Å²) < 4.78 is 5.13. The van der Waals surface area contributed by atoms with Gasteiger partial charge in [-0.1, -0.05) is 26.8 Å². The highest BCUT2D eigenvalue weighted by atomic mass is 16.6. The van der Waals surface area contributed by atoms with Gasteiger partial charge in [0.05, 0.1) is 12.0 Å². The van der Waals surface area contributed by atoms with Crippen molar-refractivity contribution in [3.05, 3.63) is 33.9 Å². The SMILES string of the molecule is CCCNC(CC)C(C)c1ccc([N+](=O)[O-])c(OC)c1. The van der Waals surface area contributed by atoms with Crippen molar-refractivity contribution >= 4 is 5.69 Å². The Morgan fingerprint density at radius 2 is 2.10 bits per heavy atom. The summed E-state index contributed by atoms with van der Waals surface area (Å²) in [7, 11) is 1.46. The van der Waals surface area contributed by atoms with Gasteiger partial charge in [0, 0.05) is 12.1 Å². The van der Waals surface area contributed by atoms with E-state index in [1.165, 1.54) is 13.2 Å². The molecule has 0 heterocycles. The van der Waals surface area contributed by atoms with Gasteiger partial charge in [-0.25, -0.2) is 0 Å². The maximum absolute atomic E-state index is 10.9. The van der Waals surface area contributed by atoms with E-state index in [1.807, 2.05) is 6.07 Å². The first-order valence-electron chi connectivity index (χ1n) is 7.10. The van der Waals surface area contributed by atoms with E-state index >= 15 is 0 Å². The second-order valence-electron chi connectivity index (χ2n) is 4.95. The standard InChI is InChI=1S/C15H24N2O3/c1-5-9-16-13(6-2)11(3)12-7-8-14(17(18)19)15(10-12)20-4/h7-8,10-11,13,16H,5-6,9H2,1-4H3. The third kappa shape index (κ3) is 3.93. The molecule has 5 nitrogen and oxygen atoms in total. The molecule has 0 amide bonds. The van der Waals surface area contributed by atoms with Crippen molar-refractivity contribution in [1.29, 1.82) is 0 Å². The van der Waals surface area contributed by atoms with E-state index in [0.717, 1.165) is 24.9 Å². The molecule has 0 fully saturated rings. The number of ether oxygens (including phenoxy) is 1. The van der Waals surface area contributed by atoms with Crippen LogP contribution in [0.15, 0.2) is 18.2 Å². The van der Waals surface area contributed by atoms with Gasteiger partial charge in [-0.15, -0.1) is 0 Å². The van der Waals surface area contributed by atoms with Crippen LogP contribution in [0.1, 0.15) is 45.1 Å². The Morgan fingerprint density at radius 1 is 1.40 bits per heavy atom. The van der Waals surface area contributed by atoms with Crippen molar-refractivity contribution in [3.63, 3.8) is 0 Å². The molecule has 0 bridgehead atoms. The minimum atomic E-state index is -0.417. The molecule has 1 aromatic rings. The summed E-state index contributed by atoms with van der Waals surface area (Å²) in [5.74, 6) is 0.603. The molecule has 112 valence electrons. The van der Waals surface area contributed by atoms with Gasteiger partial charge in [0.25, 0.3) is 0 Å². The molecule has 2 atom stereocenters. The van der Waals surface area contributed by atoms with Crippen LogP contribution in [0.4, 0.5) is 5.69 Å². The number of nitrogens with one attached hydrogen (secondary N) is 1. The monoisotopic (exact) mass is 280 g/mol. The normalized spacial score (nSPS) is 13.8. The van der Waals surface area contributed by atoms with Gasteiger partial charge in [0.1, 0.15) is 0 Å². The second-order valence-corrected chi connectivity index (χ2v) is 4.95. The fourth-order valence-corrected chi connectivity index (χ4v) is 2.36. The zero-order valence-corrected chi connectivity index (χ0v) is 12.7. The Morgan fingerprint density at radius 3 is 2.60 bits per heavy atom. The lowest BCUT2D eigenvalue weighted by atomic mass is 9.91. The van der Waals surface area contributed by atoms with Crippen LogP contribution in [0.25, 0.3) is 0 Å². The summed E-state index contributed by atoms with van der Waals surface area (Å²) in [5.41, 5.74) is 1.07. The van der Waals surface area contributed by atoms with Crippen molar-refractivity contribution in [2.45, 2.75) is 45.6 Å². The number of nitrogens with zero attached hydrogens (tertiary/aromatic N) is 1. The maximum Gasteiger partial charge on any atom is 0.310 e. The molecule has 5 heteroatoms. The maximum atomic E-state index is 10.9. The van der Waals surface area contributed by atoms with Crippen molar-refractivity contribution in [3.8, 4) is 5.75 Å². The lowest BCUT2D eigenvalue weighted by Crippen LogP contribution is -2.33. The zero-order valence-electron chi connectivity index (χ0n) is 12.7. The number of benzene rings is 1. The van der Waals surface area contributed by atoms with Crippen LogP contribution in [0.5, 0.6) is 5.75 Å². The van der Waals surface area contributed by atoms with Crippen LogP contribution in [-0.2, 0) is 0 Å². The highest BCUT2D eigenvalue weighted by Gasteiger charge is 2.21. The Hall–Kier alpha value is -1.62. The second kappa shape index (κ2) is 7.85. The molecule has 1 N–H and O–H groups in total. The fraction of sp³-hybridized carbons (Fsp3) is 0.600. The van der Waals surface area contributed by atoms with E-state index in [1.54, 1.807) is 6.07 Å². The van der Waals surface area contributed by atoms with Gasteiger partial charge < -0.3 is 10.1 Å². The minimum Gasteiger partial charge on any atom is -0.490 e. The van der Waals surface area contributed by atoms with Gasteiger partial charge in [-0.2, -0.15) is 0 Å². The summed E-state index contributed by atoms with van der Waals surface area (Å²) in [5, 5.41) is 14.4. The lowest BCUT2D eigenvalue weighted by Gasteiger charge is -2.24. The molecule has 2 unspecified atom stereocenters. The van der Waals surface area contributed by atoms with E-state index in [9.17, 15) is 10.1 Å². The predicted octanol–water partition coefficient (Wildman–Crippen LogP) is 3.49. The first kappa shape index (κ1) is 16.4. The number of rotatable bonds is 8. The number of hydrogen-bond acceptors (Lipinski definition) is 4. The van der Waals surface area contributed by atoms with Crippen molar-refractivity contribution in [2.24, 2.45) is 0 Å². The fourth-order valence-electron chi connectivity index (χ4n) is 2.36. The molecule has 0 aliphatic heterocycles. The topological polar surface area (TPSA) is 64.4 Å². The number of nitro benzene ring substituents is 1. The van der Waals surface area contributed by atoms with Crippen LogP contribution in [0.3, 0.4) is 0 Å².